The summed E-state index contributed by atoms with van der Waals surface area (Å²) in [5, 5.41) is 3.46. The highest BCUT2D eigenvalue weighted by molar-refractivity contribution is 14.0. The monoisotopic (exact) mass is 570 g/mol. The van der Waals surface area contributed by atoms with Gasteiger partial charge in [0.25, 0.3) is 0 Å². The molecule has 0 saturated carbocycles. The largest absolute Gasteiger partial charge is 0.376 e. The molecule has 3 aliphatic heterocycles. The first-order valence-corrected chi connectivity index (χ1v) is 12.3. The highest BCUT2D eigenvalue weighted by atomic mass is 127. The molecular weight excluding hydrogens is 531 g/mol. The molecule has 3 fully saturated rings. The zero-order valence-electron chi connectivity index (χ0n) is 19.8. The first-order chi connectivity index (χ1) is 15.7. The molecule has 3 saturated heterocycles. The number of halogens is 1. The van der Waals surface area contributed by atoms with Gasteiger partial charge in [-0.05, 0) is 50.2 Å². The number of benzene rings is 1. The maximum absolute atomic E-state index is 11.9. The number of amides is 1. The summed E-state index contributed by atoms with van der Waals surface area (Å²) in [5.41, 5.74) is 2.36. The van der Waals surface area contributed by atoms with Gasteiger partial charge in [-0.25, -0.2) is 4.99 Å². The molecule has 1 aromatic rings. The standard InChI is InChI=1S/C25H38N4O3.HI/c1-2-26-25(28-13-10-22(11-14-28)32-19-23-8-5-15-31-23)27-17-20-6-3-7-21(16-20)18-29-12-4-9-24(29)30;/h3,6-7,16,22-23H,2,4-5,8-15,17-19H2,1H3,(H,26,27);1H. The number of nitrogens with zero attached hydrogens (tertiary/aromatic N) is 3. The van der Waals surface area contributed by atoms with Crippen molar-refractivity contribution in [2.24, 2.45) is 4.99 Å². The molecule has 3 heterocycles. The number of guanidine groups is 1. The van der Waals surface area contributed by atoms with Gasteiger partial charge in [0.15, 0.2) is 5.96 Å². The predicted octanol–water partition coefficient (Wildman–Crippen LogP) is 3.55. The number of hydrogen-bond donors (Lipinski definition) is 1. The molecule has 0 aromatic heterocycles. The normalized spacial score (nSPS) is 22.0. The first-order valence-electron chi connectivity index (χ1n) is 12.3. The number of piperidine rings is 1. The van der Waals surface area contributed by atoms with Crippen LogP contribution in [0.2, 0.25) is 0 Å². The van der Waals surface area contributed by atoms with Crippen molar-refractivity contribution >= 4 is 35.8 Å². The summed E-state index contributed by atoms with van der Waals surface area (Å²) in [6, 6.07) is 8.48. The summed E-state index contributed by atoms with van der Waals surface area (Å²) < 4.78 is 11.8. The third-order valence-corrected chi connectivity index (χ3v) is 6.57. The summed E-state index contributed by atoms with van der Waals surface area (Å²) in [5.74, 6) is 1.25. The van der Waals surface area contributed by atoms with Crippen LogP contribution < -0.4 is 5.32 Å². The topological polar surface area (TPSA) is 66.4 Å². The van der Waals surface area contributed by atoms with Crippen molar-refractivity contribution in [1.29, 1.82) is 0 Å². The van der Waals surface area contributed by atoms with E-state index >= 15 is 0 Å². The number of rotatable bonds is 8. The van der Waals surface area contributed by atoms with Crippen molar-refractivity contribution < 1.29 is 14.3 Å². The molecule has 1 aromatic carbocycles. The Morgan fingerprint density at radius 2 is 2.00 bits per heavy atom. The zero-order valence-corrected chi connectivity index (χ0v) is 22.2. The fourth-order valence-electron chi connectivity index (χ4n) is 4.76. The Kier molecular flexibility index (Phi) is 10.7. The van der Waals surface area contributed by atoms with Crippen LogP contribution in [0, 0.1) is 0 Å². The van der Waals surface area contributed by atoms with Crippen LogP contribution in [0.3, 0.4) is 0 Å². The third kappa shape index (κ3) is 7.82. The van der Waals surface area contributed by atoms with Crippen LogP contribution in [0.5, 0.6) is 0 Å². The summed E-state index contributed by atoms with van der Waals surface area (Å²) >= 11 is 0. The van der Waals surface area contributed by atoms with Crippen molar-refractivity contribution in [2.45, 2.75) is 70.7 Å². The van der Waals surface area contributed by atoms with E-state index in [0.29, 0.717) is 31.7 Å². The van der Waals surface area contributed by atoms with Gasteiger partial charge in [-0.3, -0.25) is 4.79 Å². The van der Waals surface area contributed by atoms with E-state index in [2.05, 4.69) is 41.4 Å². The number of carbonyl (C=O) groups excluding carboxylic acids is 1. The molecule has 0 aliphatic carbocycles. The minimum Gasteiger partial charge on any atom is -0.376 e. The minimum atomic E-state index is 0. The van der Waals surface area contributed by atoms with Crippen molar-refractivity contribution in [1.82, 2.24) is 15.1 Å². The first kappa shape index (κ1) is 26.2. The number of aliphatic imine (C=N–C) groups is 1. The lowest BCUT2D eigenvalue weighted by molar-refractivity contribution is -0.128. The van der Waals surface area contributed by atoms with Crippen molar-refractivity contribution in [3.05, 3.63) is 35.4 Å². The van der Waals surface area contributed by atoms with Crippen LogP contribution in [0.1, 0.15) is 56.6 Å². The molecule has 184 valence electrons. The molecule has 3 aliphatic rings. The van der Waals surface area contributed by atoms with E-state index in [4.69, 9.17) is 14.5 Å². The van der Waals surface area contributed by atoms with Crippen molar-refractivity contribution in [2.75, 3.05) is 39.4 Å². The van der Waals surface area contributed by atoms with Gasteiger partial charge in [-0.2, -0.15) is 0 Å². The minimum absolute atomic E-state index is 0. The highest BCUT2D eigenvalue weighted by Crippen LogP contribution is 2.19. The fraction of sp³-hybridized carbons (Fsp3) is 0.680. The van der Waals surface area contributed by atoms with Gasteiger partial charge < -0.3 is 24.6 Å². The molecule has 1 atom stereocenters. The molecule has 0 spiro atoms. The van der Waals surface area contributed by atoms with Crippen LogP contribution in [0.15, 0.2) is 29.3 Å². The van der Waals surface area contributed by atoms with Gasteiger partial charge in [0.2, 0.25) is 5.91 Å². The van der Waals surface area contributed by atoms with Gasteiger partial charge >= 0.3 is 0 Å². The Hall–Kier alpha value is -1.39. The number of carbonyl (C=O) groups is 1. The van der Waals surface area contributed by atoms with E-state index in [9.17, 15) is 4.79 Å². The average molecular weight is 571 g/mol. The summed E-state index contributed by atoms with van der Waals surface area (Å²) in [6.07, 6.45) is 6.62. The van der Waals surface area contributed by atoms with Crippen LogP contribution in [0.25, 0.3) is 0 Å². The molecule has 8 heteroatoms. The maximum atomic E-state index is 11.9. The smallest absolute Gasteiger partial charge is 0.222 e. The predicted molar refractivity (Wildman–Crippen MR) is 141 cm³/mol. The van der Waals surface area contributed by atoms with Gasteiger partial charge in [0.1, 0.15) is 0 Å². The van der Waals surface area contributed by atoms with Gasteiger partial charge in [-0.15, -0.1) is 24.0 Å². The zero-order chi connectivity index (χ0) is 22.2. The van der Waals surface area contributed by atoms with E-state index in [0.717, 1.165) is 77.5 Å². The molecular formula is C25H39IN4O3. The van der Waals surface area contributed by atoms with Gasteiger partial charge in [0, 0.05) is 45.8 Å². The maximum Gasteiger partial charge on any atom is 0.222 e. The van der Waals surface area contributed by atoms with Crippen LogP contribution in [-0.4, -0.2) is 73.3 Å². The lowest BCUT2D eigenvalue weighted by Gasteiger charge is -2.34. The summed E-state index contributed by atoms with van der Waals surface area (Å²) in [4.78, 5) is 21.2. The highest BCUT2D eigenvalue weighted by Gasteiger charge is 2.24. The van der Waals surface area contributed by atoms with Gasteiger partial charge in [-0.1, -0.05) is 24.3 Å². The lowest BCUT2D eigenvalue weighted by Crippen LogP contribution is -2.47. The number of likely N-dealkylation sites (tertiary alicyclic amines) is 2. The molecule has 33 heavy (non-hydrogen) atoms. The third-order valence-electron chi connectivity index (χ3n) is 6.57. The average Bonchev–Trinajstić information content (AvgIpc) is 3.48. The Balaban J connectivity index is 0.00000306. The summed E-state index contributed by atoms with van der Waals surface area (Å²) in [6.45, 7) is 8.71. The van der Waals surface area contributed by atoms with E-state index < -0.39 is 0 Å². The van der Waals surface area contributed by atoms with Gasteiger partial charge in [0.05, 0.1) is 25.4 Å². The second-order valence-electron chi connectivity index (χ2n) is 9.06. The Morgan fingerprint density at radius 3 is 2.70 bits per heavy atom. The molecule has 7 nitrogen and oxygen atoms in total. The Morgan fingerprint density at radius 1 is 1.18 bits per heavy atom. The Labute approximate surface area is 215 Å². The Bertz CT molecular complexity index is 777. The van der Waals surface area contributed by atoms with Crippen molar-refractivity contribution in [3.8, 4) is 0 Å². The van der Waals surface area contributed by atoms with Crippen LogP contribution in [0.4, 0.5) is 0 Å². The molecule has 1 amide bonds. The SMILES string of the molecule is CCNC(=NCc1cccc(CN2CCCC2=O)c1)N1CCC(OCC2CCCO2)CC1.I. The second-order valence-corrected chi connectivity index (χ2v) is 9.06. The van der Waals surface area contributed by atoms with Crippen molar-refractivity contribution in [3.63, 3.8) is 0 Å². The number of ether oxygens (including phenoxy) is 2. The molecule has 0 bridgehead atoms. The number of nitrogens with one attached hydrogen (secondary N) is 1. The van der Waals surface area contributed by atoms with E-state index in [-0.39, 0.29) is 29.9 Å². The lowest BCUT2D eigenvalue weighted by atomic mass is 10.1. The molecule has 0 radical (unpaired) electrons. The van der Waals surface area contributed by atoms with E-state index in [1.165, 1.54) is 11.1 Å². The summed E-state index contributed by atoms with van der Waals surface area (Å²) in [7, 11) is 0. The van der Waals surface area contributed by atoms with Crippen LogP contribution >= 0.6 is 24.0 Å². The quantitative estimate of drug-likeness (QED) is 0.294. The molecule has 1 unspecified atom stereocenters. The second kappa shape index (κ2) is 13.5. The molecule has 4 rings (SSSR count). The molecule has 1 N–H and O–H groups in total. The van der Waals surface area contributed by atoms with E-state index in [1.54, 1.807) is 0 Å². The van der Waals surface area contributed by atoms with E-state index in [1.807, 2.05) is 4.90 Å². The fourth-order valence-corrected chi connectivity index (χ4v) is 4.76. The van der Waals surface area contributed by atoms with Crippen LogP contribution in [-0.2, 0) is 27.4 Å². The number of hydrogen-bond acceptors (Lipinski definition) is 4.